The van der Waals surface area contributed by atoms with Crippen molar-refractivity contribution in [2.24, 2.45) is 0 Å². The number of aliphatic hydroxyl groups is 1. The van der Waals surface area contributed by atoms with Crippen molar-refractivity contribution in [3.63, 3.8) is 0 Å². The van der Waals surface area contributed by atoms with Gasteiger partial charge in [0.1, 0.15) is 0 Å². The number of aryl methyl sites for hydroxylation is 2. The van der Waals surface area contributed by atoms with Gasteiger partial charge in [-0.25, -0.2) is 0 Å². The highest BCUT2D eigenvalue weighted by molar-refractivity contribution is 5.95. The normalized spacial score (nSPS) is 12.3. The van der Waals surface area contributed by atoms with E-state index in [0.29, 0.717) is 13.0 Å². The number of rotatable bonds is 4. The SMILES string of the molecule is Cc1ccc(C)c(C(=O)N(C)CCC(C)O)c1. The van der Waals surface area contributed by atoms with E-state index < -0.39 is 0 Å². The van der Waals surface area contributed by atoms with Gasteiger partial charge in [-0.1, -0.05) is 17.7 Å². The fourth-order valence-corrected chi connectivity index (χ4v) is 1.65. The summed E-state index contributed by atoms with van der Waals surface area (Å²) in [7, 11) is 1.77. The molecule has 1 unspecified atom stereocenters. The maximum atomic E-state index is 12.2. The minimum atomic E-state index is -0.371. The molecule has 0 heterocycles. The Bertz CT molecular complexity index is 399. The van der Waals surface area contributed by atoms with Crippen molar-refractivity contribution in [2.45, 2.75) is 33.3 Å². The van der Waals surface area contributed by atoms with Gasteiger partial charge < -0.3 is 10.0 Å². The van der Waals surface area contributed by atoms with Gasteiger partial charge in [-0.05, 0) is 38.8 Å². The zero-order valence-electron chi connectivity index (χ0n) is 11.0. The summed E-state index contributed by atoms with van der Waals surface area (Å²) in [5, 5.41) is 9.21. The maximum absolute atomic E-state index is 12.2. The molecular formula is C14H21NO2. The zero-order chi connectivity index (χ0) is 13.0. The lowest BCUT2D eigenvalue weighted by Crippen LogP contribution is -2.30. The summed E-state index contributed by atoms with van der Waals surface area (Å²) >= 11 is 0. The highest BCUT2D eigenvalue weighted by Crippen LogP contribution is 2.13. The standard InChI is InChI=1S/C14H21NO2/c1-10-5-6-11(2)13(9-10)14(17)15(4)8-7-12(3)16/h5-6,9,12,16H,7-8H2,1-4H3. The smallest absolute Gasteiger partial charge is 0.253 e. The molecule has 0 aliphatic rings. The Kier molecular flexibility index (Phi) is 4.70. The van der Waals surface area contributed by atoms with Crippen LogP contribution in [-0.4, -0.2) is 35.6 Å². The van der Waals surface area contributed by atoms with Crippen molar-refractivity contribution in [2.75, 3.05) is 13.6 Å². The number of benzene rings is 1. The summed E-state index contributed by atoms with van der Waals surface area (Å²) in [4.78, 5) is 13.8. The van der Waals surface area contributed by atoms with Gasteiger partial charge in [-0.2, -0.15) is 0 Å². The van der Waals surface area contributed by atoms with E-state index in [1.807, 2.05) is 32.0 Å². The van der Waals surface area contributed by atoms with E-state index in [9.17, 15) is 9.90 Å². The number of hydrogen-bond acceptors (Lipinski definition) is 2. The highest BCUT2D eigenvalue weighted by Gasteiger charge is 2.14. The second kappa shape index (κ2) is 5.82. The summed E-state index contributed by atoms with van der Waals surface area (Å²) in [6, 6.07) is 5.88. The van der Waals surface area contributed by atoms with Gasteiger partial charge in [0.15, 0.2) is 0 Å². The second-order valence-electron chi connectivity index (χ2n) is 4.68. The molecule has 0 radical (unpaired) electrons. The predicted octanol–water partition coefficient (Wildman–Crippen LogP) is 2.15. The molecule has 0 bridgehead atoms. The van der Waals surface area contributed by atoms with Crippen LogP contribution in [0, 0.1) is 13.8 Å². The van der Waals surface area contributed by atoms with Gasteiger partial charge in [-0.15, -0.1) is 0 Å². The van der Waals surface area contributed by atoms with E-state index in [2.05, 4.69) is 0 Å². The fourth-order valence-electron chi connectivity index (χ4n) is 1.65. The molecule has 0 aromatic heterocycles. The van der Waals surface area contributed by atoms with E-state index in [1.54, 1.807) is 18.9 Å². The zero-order valence-corrected chi connectivity index (χ0v) is 11.0. The number of aliphatic hydroxyl groups excluding tert-OH is 1. The Labute approximate surface area is 103 Å². The number of nitrogens with zero attached hydrogens (tertiary/aromatic N) is 1. The van der Waals surface area contributed by atoms with Crippen LogP contribution in [0.15, 0.2) is 18.2 Å². The summed E-state index contributed by atoms with van der Waals surface area (Å²) in [6.07, 6.45) is 0.233. The van der Waals surface area contributed by atoms with Crippen LogP contribution in [0.4, 0.5) is 0 Å². The average Bonchev–Trinajstić information content (AvgIpc) is 2.28. The summed E-state index contributed by atoms with van der Waals surface area (Å²) in [5.74, 6) is 0.0202. The Morgan fingerprint density at radius 2 is 2.06 bits per heavy atom. The average molecular weight is 235 g/mol. The van der Waals surface area contributed by atoms with Crippen molar-refractivity contribution in [3.05, 3.63) is 34.9 Å². The molecular weight excluding hydrogens is 214 g/mol. The molecule has 3 heteroatoms. The quantitative estimate of drug-likeness (QED) is 0.868. The van der Waals surface area contributed by atoms with Crippen molar-refractivity contribution in [3.8, 4) is 0 Å². The molecule has 1 atom stereocenters. The Balaban J connectivity index is 2.78. The molecule has 0 saturated heterocycles. The monoisotopic (exact) mass is 235 g/mol. The minimum Gasteiger partial charge on any atom is -0.393 e. The number of carbonyl (C=O) groups is 1. The first kappa shape index (κ1) is 13.7. The Hall–Kier alpha value is -1.35. The molecule has 17 heavy (non-hydrogen) atoms. The van der Waals surface area contributed by atoms with Gasteiger partial charge in [0.05, 0.1) is 6.10 Å². The molecule has 1 aromatic rings. The first-order valence-corrected chi connectivity index (χ1v) is 5.92. The number of amides is 1. The number of carbonyl (C=O) groups excluding carboxylic acids is 1. The van der Waals surface area contributed by atoms with Crippen molar-refractivity contribution >= 4 is 5.91 Å². The van der Waals surface area contributed by atoms with E-state index in [4.69, 9.17) is 0 Å². The van der Waals surface area contributed by atoms with Gasteiger partial charge in [-0.3, -0.25) is 4.79 Å². The van der Waals surface area contributed by atoms with Crippen molar-refractivity contribution < 1.29 is 9.90 Å². The van der Waals surface area contributed by atoms with E-state index >= 15 is 0 Å². The summed E-state index contributed by atoms with van der Waals surface area (Å²) in [5.41, 5.74) is 2.82. The predicted molar refractivity (Wildman–Crippen MR) is 69.2 cm³/mol. The Morgan fingerprint density at radius 1 is 1.41 bits per heavy atom. The van der Waals surface area contributed by atoms with Crippen LogP contribution in [0.3, 0.4) is 0 Å². The van der Waals surface area contributed by atoms with Crippen LogP contribution >= 0.6 is 0 Å². The summed E-state index contributed by atoms with van der Waals surface area (Å²) < 4.78 is 0. The van der Waals surface area contributed by atoms with E-state index in [-0.39, 0.29) is 12.0 Å². The molecule has 1 aromatic carbocycles. The van der Waals surface area contributed by atoms with Crippen LogP contribution in [0.5, 0.6) is 0 Å². The summed E-state index contributed by atoms with van der Waals surface area (Å²) in [6.45, 7) is 6.22. The molecule has 0 aliphatic carbocycles. The lowest BCUT2D eigenvalue weighted by Gasteiger charge is -2.19. The molecule has 1 N–H and O–H groups in total. The number of hydrogen-bond donors (Lipinski definition) is 1. The molecule has 0 saturated carbocycles. The van der Waals surface area contributed by atoms with Gasteiger partial charge in [0, 0.05) is 19.2 Å². The van der Waals surface area contributed by atoms with Crippen LogP contribution in [0.25, 0.3) is 0 Å². The molecule has 1 amide bonds. The first-order chi connectivity index (χ1) is 7.91. The van der Waals surface area contributed by atoms with E-state index in [1.165, 1.54) is 0 Å². The molecule has 94 valence electrons. The van der Waals surface area contributed by atoms with Crippen LogP contribution in [0.2, 0.25) is 0 Å². The first-order valence-electron chi connectivity index (χ1n) is 5.92. The third-order valence-electron chi connectivity index (χ3n) is 2.85. The van der Waals surface area contributed by atoms with Gasteiger partial charge >= 0.3 is 0 Å². The van der Waals surface area contributed by atoms with E-state index in [0.717, 1.165) is 16.7 Å². The second-order valence-corrected chi connectivity index (χ2v) is 4.68. The highest BCUT2D eigenvalue weighted by atomic mass is 16.3. The molecule has 0 fully saturated rings. The Morgan fingerprint density at radius 3 is 2.65 bits per heavy atom. The third kappa shape index (κ3) is 3.86. The molecule has 3 nitrogen and oxygen atoms in total. The molecule has 0 spiro atoms. The van der Waals surface area contributed by atoms with Crippen LogP contribution in [0.1, 0.15) is 34.8 Å². The van der Waals surface area contributed by atoms with Crippen molar-refractivity contribution in [1.29, 1.82) is 0 Å². The van der Waals surface area contributed by atoms with Crippen LogP contribution < -0.4 is 0 Å². The fraction of sp³-hybridized carbons (Fsp3) is 0.500. The lowest BCUT2D eigenvalue weighted by molar-refractivity contribution is 0.0768. The topological polar surface area (TPSA) is 40.5 Å². The molecule has 1 rings (SSSR count). The van der Waals surface area contributed by atoms with Crippen molar-refractivity contribution in [1.82, 2.24) is 4.90 Å². The minimum absolute atomic E-state index is 0.0202. The molecule has 0 aliphatic heterocycles. The van der Waals surface area contributed by atoms with Gasteiger partial charge in [0.25, 0.3) is 5.91 Å². The van der Waals surface area contributed by atoms with Crippen LogP contribution in [-0.2, 0) is 0 Å². The largest absolute Gasteiger partial charge is 0.393 e. The van der Waals surface area contributed by atoms with Gasteiger partial charge in [0.2, 0.25) is 0 Å². The lowest BCUT2D eigenvalue weighted by atomic mass is 10.0. The maximum Gasteiger partial charge on any atom is 0.253 e. The third-order valence-corrected chi connectivity index (χ3v) is 2.85.